The van der Waals surface area contributed by atoms with Crippen molar-refractivity contribution in [1.82, 2.24) is 0 Å². The maximum Gasteiger partial charge on any atom is 0.139 e. The largest absolute Gasteiger partial charge is 0.381 e. The number of carbonyl (C=O) groups is 1. The molecule has 0 unspecified atom stereocenters. The van der Waals surface area contributed by atoms with Gasteiger partial charge in [0.25, 0.3) is 0 Å². The maximum atomic E-state index is 11.9. The highest BCUT2D eigenvalue weighted by molar-refractivity contribution is 5.85. The predicted molar refractivity (Wildman–Crippen MR) is 57.4 cm³/mol. The molecule has 0 heterocycles. The maximum absolute atomic E-state index is 11.9. The van der Waals surface area contributed by atoms with Gasteiger partial charge in [-0.25, -0.2) is 0 Å². The normalized spacial score (nSPS) is 47.5. The van der Waals surface area contributed by atoms with E-state index in [0.717, 1.165) is 31.0 Å². The Morgan fingerprint density at radius 2 is 1.67 bits per heavy atom. The Kier molecular flexibility index (Phi) is 2.35. The van der Waals surface area contributed by atoms with Crippen LogP contribution < -0.4 is 0 Å². The second-order valence-corrected chi connectivity index (χ2v) is 5.58. The zero-order valence-corrected chi connectivity index (χ0v) is 9.45. The molecule has 0 aliphatic heterocycles. The minimum Gasteiger partial charge on any atom is -0.381 e. The van der Waals surface area contributed by atoms with Crippen LogP contribution in [0.3, 0.4) is 0 Å². The monoisotopic (exact) mass is 208 g/mol. The molecule has 4 bridgehead atoms. The number of carbonyl (C=O) groups excluding carboxylic acids is 1. The first kappa shape index (κ1) is 9.83. The average Bonchev–Trinajstić information content (AvgIpc) is 2.22. The molecule has 15 heavy (non-hydrogen) atoms. The number of Topliss-reactive ketones (excluding diaryl/α,β-unsaturated/α-hetero) is 1. The van der Waals surface area contributed by atoms with E-state index >= 15 is 0 Å². The average molecular weight is 208 g/mol. The molecule has 4 aliphatic carbocycles. The number of ether oxygens (including phenoxy) is 1. The van der Waals surface area contributed by atoms with Crippen LogP contribution in [0.1, 0.15) is 32.6 Å². The smallest absolute Gasteiger partial charge is 0.139 e. The van der Waals surface area contributed by atoms with E-state index in [4.69, 9.17) is 4.74 Å². The molecule has 0 radical (unpaired) electrons. The van der Waals surface area contributed by atoms with Crippen LogP contribution in [-0.4, -0.2) is 19.0 Å². The summed E-state index contributed by atoms with van der Waals surface area (Å²) in [6, 6.07) is 0. The van der Waals surface area contributed by atoms with E-state index in [1.54, 1.807) is 0 Å². The lowest BCUT2D eigenvalue weighted by Gasteiger charge is -2.53. The Morgan fingerprint density at radius 1 is 1.13 bits per heavy atom. The summed E-state index contributed by atoms with van der Waals surface area (Å²) in [5, 5.41) is 0. The van der Waals surface area contributed by atoms with Gasteiger partial charge in [0.1, 0.15) is 5.78 Å². The minimum atomic E-state index is 0.436. The lowest BCUT2D eigenvalue weighted by molar-refractivity contribution is -0.147. The van der Waals surface area contributed by atoms with Gasteiger partial charge < -0.3 is 4.74 Å². The minimum absolute atomic E-state index is 0.436. The van der Waals surface area contributed by atoms with Crippen molar-refractivity contribution in [2.45, 2.75) is 32.6 Å². The summed E-state index contributed by atoms with van der Waals surface area (Å²) in [7, 11) is 0. The summed E-state index contributed by atoms with van der Waals surface area (Å²) in [6.07, 6.45) is 4.68. The standard InChI is InChI=1S/C13H20O2/c1-2-15-7-12-8-3-10-5-9(12)6-11(4-8)13(10)14/h8-12H,2-7H2,1H3. The second-order valence-electron chi connectivity index (χ2n) is 5.58. The van der Waals surface area contributed by atoms with Crippen LogP contribution in [0.25, 0.3) is 0 Å². The van der Waals surface area contributed by atoms with Crippen molar-refractivity contribution in [1.29, 1.82) is 0 Å². The van der Waals surface area contributed by atoms with Crippen molar-refractivity contribution in [2.75, 3.05) is 13.2 Å². The van der Waals surface area contributed by atoms with E-state index < -0.39 is 0 Å². The first-order valence-electron chi connectivity index (χ1n) is 6.41. The van der Waals surface area contributed by atoms with Crippen LogP contribution in [-0.2, 0) is 9.53 Å². The van der Waals surface area contributed by atoms with Gasteiger partial charge in [-0.15, -0.1) is 0 Å². The number of hydrogen-bond donors (Lipinski definition) is 0. The molecule has 0 saturated heterocycles. The third kappa shape index (κ3) is 1.45. The summed E-state index contributed by atoms with van der Waals surface area (Å²) in [5.74, 6) is 3.84. The summed E-state index contributed by atoms with van der Waals surface area (Å²) in [5.41, 5.74) is 0. The Morgan fingerprint density at radius 3 is 2.13 bits per heavy atom. The molecule has 0 aromatic rings. The van der Waals surface area contributed by atoms with E-state index in [2.05, 4.69) is 6.92 Å². The van der Waals surface area contributed by atoms with Crippen LogP contribution in [0.5, 0.6) is 0 Å². The molecular weight excluding hydrogens is 188 g/mol. The van der Waals surface area contributed by atoms with Crippen molar-refractivity contribution in [3.8, 4) is 0 Å². The predicted octanol–water partition coefficient (Wildman–Crippen LogP) is 2.27. The molecule has 4 saturated carbocycles. The van der Waals surface area contributed by atoms with Crippen molar-refractivity contribution in [3.05, 3.63) is 0 Å². The highest BCUT2D eigenvalue weighted by Gasteiger charge is 2.52. The molecule has 0 spiro atoms. The number of ketones is 1. The van der Waals surface area contributed by atoms with Gasteiger partial charge in [-0.1, -0.05) is 0 Å². The third-order valence-electron chi connectivity index (χ3n) is 4.88. The van der Waals surface area contributed by atoms with Crippen LogP contribution in [0.2, 0.25) is 0 Å². The SMILES string of the molecule is CCOCC1C2CC3CC1CC(C2)C3=O. The number of hydrogen-bond acceptors (Lipinski definition) is 2. The fourth-order valence-electron chi connectivity index (χ4n) is 4.25. The quantitative estimate of drug-likeness (QED) is 0.711. The lowest BCUT2D eigenvalue weighted by atomic mass is 9.51. The second kappa shape index (κ2) is 3.58. The molecule has 0 amide bonds. The molecule has 0 atom stereocenters. The van der Waals surface area contributed by atoms with Crippen LogP contribution in [0.15, 0.2) is 0 Å². The van der Waals surface area contributed by atoms with E-state index in [9.17, 15) is 4.79 Å². The first-order valence-corrected chi connectivity index (χ1v) is 6.41. The van der Waals surface area contributed by atoms with Crippen molar-refractivity contribution in [2.24, 2.45) is 29.6 Å². The highest BCUT2D eigenvalue weighted by Crippen LogP contribution is 2.54. The van der Waals surface area contributed by atoms with Crippen LogP contribution in [0.4, 0.5) is 0 Å². The summed E-state index contributed by atoms with van der Waals surface area (Å²) in [6.45, 7) is 3.85. The summed E-state index contributed by atoms with van der Waals surface area (Å²) < 4.78 is 5.60. The van der Waals surface area contributed by atoms with Gasteiger partial charge in [-0.05, 0) is 50.4 Å². The fraction of sp³-hybridized carbons (Fsp3) is 0.923. The van der Waals surface area contributed by atoms with Gasteiger partial charge >= 0.3 is 0 Å². The molecular formula is C13H20O2. The Bertz CT molecular complexity index is 240. The summed E-state index contributed by atoms with van der Waals surface area (Å²) >= 11 is 0. The molecule has 4 fully saturated rings. The van der Waals surface area contributed by atoms with Gasteiger partial charge in [-0.3, -0.25) is 4.79 Å². The molecule has 0 aromatic heterocycles. The molecule has 4 rings (SSSR count). The van der Waals surface area contributed by atoms with Crippen molar-refractivity contribution < 1.29 is 9.53 Å². The van der Waals surface area contributed by atoms with Crippen LogP contribution >= 0.6 is 0 Å². The Hall–Kier alpha value is -0.370. The van der Waals surface area contributed by atoms with Gasteiger partial charge in [0.05, 0.1) is 0 Å². The molecule has 84 valence electrons. The topological polar surface area (TPSA) is 26.3 Å². The highest BCUT2D eigenvalue weighted by atomic mass is 16.5. The summed E-state index contributed by atoms with van der Waals surface area (Å²) in [4.78, 5) is 11.9. The van der Waals surface area contributed by atoms with Crippen molar-refractivity contribution in [3.63, 3.8) is 0 Å². The first-order chi connectivity index (χ1) is 7.29. The van der Waals surface area contributed by atoms with E-state index in [0.29, 0.717) is 17.6 Å². The number of rotatable bonds is 3. The molecule has 0 aromatic carbocycles. The van der Waals surface area contributed by atoms with E-state index in [1.807, 2.05) is 0 Å². The van der Waals surface area contributed by atoms with Crippen LogP contribution in [0, 0.1) is 29.6 Å². The van der Waals surface area contributed by atoms with Gasteiger partial charge in [0.2, 0.25) is 0 Å². The molecule has 4 aliphatic rings. The van der Waals surface area contributed by atoms with E-state index in [1.165, 1.54) is 25.7 Å². The zero-order valence-electron chi connectivity index (χ0n) is 9.45. The molecule has 0 N–H and O–H groups in total. The zero-order chi connectivity index (χ0) is 10.4. The lowest BCUT2D eigenvalue weighted by Crippen LogP contribution is -2.51. The van der Waals surface area contributed by atoms with Gasteiger partial charge in [-0.2, -0.15) is 0 Å². The van der Waals surface area contributed by atoms with Gasteiger partial charge in [0.15, 0.2) is 0 Å². The van der Waals surface area contributed by atoms with Crippen molar-refractivity contribution >= 4 is 5.78 Å². The Labute approximate surface area is 91.4 Å². The third-order valence-corrected chi connectivity index (χ3v) is 4.88. The Balaban J connectivity index is 1.73. The fourth-order valence-corrected chi connectivity index (χ4v) is 4.25. The molecule has 2 heteroatoms. The van der Waals surface area contributed by atoms with Gasteiger partial charge in [0, 0.05) is 25.0 Å². The van der Waals surface area contributed by atoms with E-state index in [-0.39, 0.29) is 0 Å². The molecule has 2 nitrogen and oxygen atoms in total.